The smallest absolute Gasteiger partial charge is 0.443 e. The largest absolute Gasteiger partial charge is 0.488 e. The predicted molar refractivity (Wildman–Crippen MR) is 73.4 cm³/mol. The zero-order chi connectivity index (χ0) is 14.2. The maximum Gasteiger partial charge on any atom is 0.488 e. The van der Waals surface area contributed by atoms with Crippen LogP contribution in [0.15, 0.2) is 30.5 Å². The third-order valence-electron chi connectivity index (χ3n) is 2.60. The minimum absolute atomic E-state index is 0.384. The van der Waals surface area contributed by atoms with Gasteiger partial charge in [-0.3, -0.25) is 4.57 Å². The maximum absolute atomic E-state index is 12.0. The molecule has 0 amide bonds. The predicted octanol–water partition coefficient (Wildman–Crippen LogP) is 1.10. The van der Waals surface area contributed by atoms with E-state index in [1.54, 1.807) is 51.2 Å². The van der Waals surface area contributed by atoms with Gasteiger partial charge in [-0.15, -0.1) is 0 Å². The zero-order valence-corrected chi connectivity index (χ0v) is 11.1. The fourth-order valence-corrected chi connectivity index (χ4v) is 1.79. The van der Waals surface area contributed by atoms with Crippen LogP contribution in [0.5, 0.6) is 0 Å². The van der Waals surface area contributed by atoms with Crippen molar-refractivity contribution in [1.82, 2.24) is 4.57 Å². The number of ether oxygens (including phenoxy) is 1. The summed E-state index contributed by atoms with van der Waals surface area (Å²) in [6.07, 6.45) is 1.14. The first kappa shape index (κ1) is 13.6. The van der Waals surface area contributed by atoms with Crippen LogP contribution in [0.4, 0.5) is 4.79 Å². The Bertz CT molecular complexity index is 613. The first-order valence-electron chi connectivity index (χ1n) is 5.98. The molecule has 0 spiro atoms. The van der Waals surface area contributed by atoms with E-state index in [9.17, 15) is 4.79 Å². The molecule has 0 fully saturated rings. The molecule has 2 aromatic rings. The quantitative estimate of drug-likeness (QED) is 0.754. The molecule has 5 nitrogen and oxygen atoms in total. The van der Waals surface area contributed by atoms with E-state index in [-0.39, 0.29) is 0 Å². The van der Waals surface area contributed by atoms with E-state index < -0.39 is 18.8 Å². The van der Waals surface area contributed by atoms with Crippen LogP contribution in [0.2, 0.25) is 0 Å². The second kappa shape index (κ2) is 4.72. The van der Waals surface area contributed by atoms with Gasteiger partial charge in [0.15, 0.2) is 0 Å². The second-order valence-corrected chi connectivity index (χ2v) is 5.36. The molecule has 1 aromatic heterocycles. The summed E-state index contributed by atoms with van der Waals surface area (Å²) in [4.78, 5) is 12.0. The molecule has 0 aliphatic heterocycles. The van der Waals surface area contributed by atoms with Crippen LogP contribution in [0.25, 0.3) is 10.9 Å². The number of benzene rings is 1. The third-order valence-corrected chi connectivity index (χ3v) is 2.60. The summed E-state index contributed by atoms with van der Waals surface area (Å²) in [7, 11) is -1.52. The van der Waals surface area contributed by atoms with Crippen LogP contribution < -0.4 is 5.46 Å². The molecule has 0 aliphatic rings. The molecule has 2 N–H and O–H groups in total. The van der Waals surface area contributed by atoms with Gasteiger partial charge in [-0.2, -0.15) is 0 Å². The number of hydrogen-bond donors (Lipinski definition) is 2. The summed E-state index contributed by atoms with van der Waals surface area (Å²) in [5, 5.41) is 19.0. The van der Waals surface area contributed by atoms with Crippen LogP contribution in [0.3, 0.4) is 0 Å². The van der Waals surface area contributed by atoms with Crippen LogP contribution >= 0.6 is 0 Å². The van der Waals surface area contributed by atoms with E-state index in [1.165, 1.54) is 4.57 Å². The number of hydrogen-bond acceptors (Lipinski definition) is 4. The highest BCUT2D eigenvalue weighted by Crippen LogP contribution is 2.17. The number of fused-ring (bicyclic) bond motifs is 1. The summed E-state index contributed by atoms with van der Waals surface area (Å²) in [6.45, 7) is 5.41. The van der Waals surface area contributed by atoms with Gasteiger partial charge in [-0.05, 0) is 43.8 Å². The lowest BCUT2D eigenvalue weighted by Crippen LogP contribution is -2.29. The molecule has 0 saturated heterocycles. The molecule has 100 valence electrons. The third kappa shape index (κ3) is 2.97. The Kier molecular flexibility index (Phi) is 3.39. The lowest BCUT2D eigenvalue weighted by molar-refractivity contribution is 0.0544. The Morgan fingerprint density at radius 1 is 1.26 bits per heavy atom. The van der Waals surface area contributed by atoms with E-state index in [0.717, 1.165) is 5.39 Å². The van der Waals surface area contributed by atoms with Gasteiger partial charge in [0.1, 0.15) is 5.60 Å². The van der Waals surface area contributed by atoms with Crippen LogP contribution in [-0.4, -0.2) is 33.4 Å². The van der Waals surface area contributed by atoms with Crippen molar-refractivity contribution in [3.05, 3.63) is 30.5 Å². The van der Waals surface area contributed by atoms with E-state index in [1.807, 2.05) is 0 Å². The molecule has 1 aromatic carbocycles. The molecule has 0 aliphatic carbocycles. The molecule has 0 unspecified atom stereocenters. The molecule has 0 atom stereocenters. The molecule has 0 saturated carbocycles. The van der Waals surface area contributed by atoms with Gasteiger partial charge in [0.25, 0.3) is 0 Å². The SMILES string of the molecule is CC(C)(C)OC(=O)n1ccc2cc(B(O)O)ccc21. The lowest BCUT2D eigenvalue weighted by atomic mass is 9.80. The van der Waals surface area contributed by atoms with Gasteiger partial charge in [-0.25, -0.2) is 4.79 Å². The highest BCUT2D eigenvalue weighted by Gasteiger charge is 2.19. The maximum atomic E-state index is 12.0. The van der Waals surface area contributed by atoms with Gasteiger partial charge < -0.3 is 14.8 Å². The van der Waals surface area contributed by atoms with E-state index >= 15 is 0 Å². The first-order chi connectivity index (χ1) is 8.78. The number of nitrogens with zero attached hydrogens (tertiary/aromatic N) is 1. The fraction of sp³-hybridized carbons (Fsp3) is 0.308. The van der Waals surface area contributed by atoms with Crippen molar-refractivity contribution in [3.8, 4) is 0 Å². The molecular weight excluding hydrogens is 245 g/mol. The van der Waals surface area contributed by atoms with E-state index in [0.29, 0.717) is 11.0 Å². The molecule has 6 heteroatoms. The van der Waals surface area contributed by atoms with Gasteiger partial charge in [-0.1, -0.05) is 12.1 Å². The zero-order valence-electron chi connectivity index (χ0n) is 11.1. The molecule has 0 bridgehead atoms. The Labute approximate surface area is 111 Å². The highest BCUT2D eigenvalue weighted by atomic mass is 16.6. The Balaban J connectivity index is 2.38. The Morgan fingerprint density at radius 3 is 2.53 bits per heavy atom. The van der Waals surface area contributed by atoms with Crippen LogP contribution in [0.1, 0.15) is 20.8 Å². The highest BCUT2D eigenvalue weighted by molar-refractivity contribution is 6.58. The standard InChI is InChI=1S/C13H16BNO4/c1-13(2,3)19-12(16)15-7-6-9-8-10(14(17)18)4-5-11(9)15/h4-8,17-18H,1-3H3. The van der Waals surface area contributed by atoms with Gasteiger partial charge in [0.2, 0.25) is 0 Å². The van der Waals surface area contributed by atoms with Gasteiger partial charge in [0.05, 0.1) is 5.52 Å². The molecule has 1 heterocycles. The van der Waals surface area contributed by atoms with E-state index in [2.05, 4.69) is 0 Å². The second-order valence-electron chi connectivity index (χ2n) is 5.36. The van der Waals surface area contributed by atoms with Gasteiger partial charge >= 0.3 is 13.2 Å². The fourth-order valence-electron chi connectivity index (χ4n) is 1.79. The molecular formula is C13H16BNO4. The number of rotatable bonds is 1. The summed E-state index contributed by atoms with van der Waals surface area (Å²) in [5.41, 5.74) is 0.489. The average Bonchev–Trinajstić information content (AvgIpc) is 2.68. The van der Waals surface area contributed by atoms with Crippen molar-refractivity contribution in [2.24, 2.45) is 0 Å². The summed E-state index contributed by atoms with van der Waals surface area (Å²) < 4.78 is 6.69. The Morgan fingerprint density at radius 2 is 1.95 bits per heavy atom. The molecule has 19 heavy (non-hydrogen) atoms. The minimum atomic E-state index is -1.52. The topological polar surface area (TPSA) is 71.7 Å². The lowest BCUT2D eigenvalue weighted by Gasteiger charge is -2.19. The Hall–Kier alpha value is -1.79. The van der Waals surface area contributed by atoms with Gasteiger partial charge in [0, 0.05) is 6.20 Å². The number of carbonyl (C=O) groups is 1. The molecule has 0 radical (unpaired) electrons. The van der Waals surface area contributed by atoms with E-state index in [4.69, 9.17) is 14.8 Å². The number of aromatic nitrogens is 1. The summed E-state index contributed by atoms with van der Waals surface area (Å²) >= 11 is 0. The van der Waals surface area contributed by atoms with Crippen LogP contribution in [0, 0.1) is 0 Å². The van der Waals surface area contributed by atoms with Crippen molar-refractivity contribution in [1.29, 1.82) is 0 Å². The molecule has 2 rings (SSSR count). The first-order valence-corrected chi connectivity index (χ1v) is 5.98. The van der Waals surface area contributed by atoms with Crippen molar-refractivity contribution in [2.75, 3.05) is 0 Å². The van der Waals surface area contributed by atoms with Crippen molar-refractivity contribution < 1.29 is 19.6 Å². The average molecular weight is 261 g/mol. The van der Waals surface area contributed by atoms with Crippen molar-refractivity contribution in [3.63, 3.8) is 0 Å². The summed E-state index contributed by atoms with van der Waals surface area (Å²) in [6, 6.07) is 6.58. The monoisotopic (exact) mass is 261 g/mol. The number of carbonyl (C=O) groups excluding carboxylic acids is 1. The minimum Gasteiger partial charge on any atom is -0.443 e. The van der Waals surface area contributed by atoms with Crippen molar-refractivity contribution >= 4 is 29.6 Å². The van der Waals surface area contributed by atoms with Crippen molar-refractivity contribution in [2.45, 2.75) is 26.4 Å². The normalized spacial score (nSPS) is 11.6. The summed E-state index contributed by atoms with van der Waals surface area (Å²) in [5.74, 6) is 0. The van der Waals surface area contributed by atoms with Crippen LogP contribution in [-0.2, 0) is 4.74 Å².